The average molecular weight is 178 g/mol. The lowest BCUT2D eigenvalue weighted by Gasteiger charge is -2.27. The molecule has 0 amide bonds. The van der Waals surface area contributed by atoms with Crippen LogP contribution in [0.4, 0.5) is 0 Å². The predicted molar refractivity (Wildman–Crippen MR) is 50.4 cm³/mol. The molecule has 1 aromatic rings. The zero-order valence-corrected chi connectivity index (χ0v) is 7.73. The summed E-state index contributed by atoms with van der Waals surface area (Å²) in [5.74, 6) is 0. The van der Waals surface area contributed by atoms with Crippen molar-refractivity contribution in [2.24, 2.45) is 0 Å². The predicted octanol–water partition coefficient (Wildman–Crippen LogP) is 2.20. The molecule has 0 bridgehead atoms. The molecular weight excluding hydrogens is 164 g/mol. The van der Waals surface area contributed by atoms with Crippen LogP contribution in [0, 0.1) is 0 Å². The molecule has 0 saturated heterocycles. The molecule has 13 heavy (non-hydrogen) atoms. The number of hydrogen-bond donors (Lipinski definition) is 1. The van der Waals surface area contributed by atoms with Gasteiger partial charge in [-0.3, -0.25) is 0 Å². The molecule has 2 rings (SSSR count). The minimum Gasteiger partial charge on any atom is -0.388 e. The molecule has 2 heteroatoms. The summed E-state index contributed by atoms with van der Waals surface area (Å²) in [4.78, 5) is 0. The van der Waals surface area contributed by atoms with E-state index in [0.29, 0.717) is 0 Å². The number of aliphatic hydroxyl groups excluding tert-OH is 1. The summed E-state index contributed by atoms with van der Waals surface area (Å²) in [7, 11) is 1.72. The number of methoxy groups -OCH3 is 1. The molecule has 0 spiro atoms. The van der Waals surface area contributed by atoms with Crippen LogP contribution < -0.4 is 0 Å². The first-order chi connectivity index (χ1) is 6.33. The van der Waals surface area contributed by atoms with Crippen LogP contribution in [0.15, 0.2) is 24.3 Å². The SMILES string of the molecule is COC1CC[C@@H](O)c2ccccc21. The van der Waals surface area contributed by atoms with Crippen molar-refractivity contribution >= 4 is 0 Å². The van der Waals surface area contributed by atoms with E-state index >= 15 is 0 Å². The lowest BCUT2D eigenvalue weighted by atomic mass is 9.87. The van der Waals surface area contributed by atoms with Gasteiger partial charge in [-0.05, 0) is 24.0 Å². The third-order valence-corrected chi connectivity index (χ3v) is 2.69. The topological polar surface area (TPSA) is 29.5 Å². The summed E-state index contributed by atoms with van der Waals surface area (Å²) >= 11 is 0. The van der Waals surface area contributed by atoms with Gasteiger partial charge in [0.05, 0.1) is 12.2 Å². The highest BCUT2D eigenvalue weighted by Crippen LogP contribution is 2.37. The molecule has 1 aliphatic rings. The normalized spacial score (nSPS) is 26.9. The fraction of sp³-hybridized carbons (Fsp3) is 0.455. The minimum atomic E-state index is -0.303. The van der Waals surface area contributed by atoms with Gasteiger partial charge in [0.1, 0.15) is 0 Å². The van der Waals surface area contributed by atoms with Crippen LogP contribution in [0.3, 0.4) is 0 Å². The van der Waals surface area contributed by atoms with Crippen molar-refractivity contribution in [3.8, 4) is 0 Å². The van der Waals surface area contributed by atoms with Gasteiger partial charge in [0.2, 0.25) is 0 Å². The van der Waals surface area contributed by atoms with Gasteiger partial charge in [-0.1, -0.05) is 24.3 Å². The highest BCUT2D eigenvalue weighted by molar-refractivity contribution is 5.33. The first-order valence-corrected chi connectivity index (χ1v) is 4.62. The smallest absolute Gasteiger partial charge is 0.0825 e. The Bertz CT molecular complexity index is 296. The Balaban J connectivity index is 2.42. The zero-order valence-electron chi connectivity index (χ0n) is 7.73. The maximum Gasteiger partial charge on any atom is 0.0825 e. The van der Waals surface area contributed by atoms with Gasteiger partial charge in [-0.25, -0.2) is 0 Å². The summed E-state index contributed by atoms with van der Waals surface area (Å²) < 4.78 is 5.35. The van der Waals surface area contributed by atoms with Crippen molar-refractivity contribution in [1.29, 1.82) is 0 Å². The van der Waals surface area contributed by atoms with E-state index in [4.69, 9.17) is 4.74 Å². The van der Waals surface area contributed by atoms with Crippen LogP contribution in [0.1, 0.15) is 36.2 Å². The number of rotatable bonds is 1. The van der Waals surface area contributed by atoms with Crippen LogP contribution in [0.25, 0.3) is 0 Å². The van der Waals surface area contributed by atoms with E-state index in [1.54, 1.807) is 7.11 Å². The monoisotopic (exact) mass is 178 g/mol. The largest absolute Gasteiger partial charge is 0.388 e. The Morgan fingerprint density at radius 1 is 1.23 bits per heavy atom. The summed E-state index contributed by atoms with van der Waals surface area (Å²) in [6.07, 6.45) is 1.58. The molecule has 70 valence electrons. The maximum atomic E-state index is 9.72. The quantitative estimate of drug-likeness (QED) is 0.714. The minimum absolute atomic E-state index is 0.166. The molecule has 0 aromatic heterocycles. The second-order valence-corrected chi connectivity index (χ2v) is 3.45. The van der Waals surface area contributed by atoms with Gasteiger partial charge in [-0.15, -0.1) is 0 Å². The summed E-state index contributed by atoms with van der Waals surface area (Å²) in [6, 6.07) is 7.96. The molecule has 2 atom stereocenters. The van der Waals surface area contributed by atoms with Gasteiger partial charge < -0.3 is 9.84 Å². The van der Waals surface area contributed by atoms with E-state index in [1.165, 1.54) is 0 Å². The number of benzene rings is 1. The molecule has 2 nitrogen and oxygen atoms in total. The van der Waals surface area contributed by atoms with Crippen LogP contribution in [-0.2, 0) is 4.74 Å². The first kappa shape index (κ1) is 8.73. The number of ether oxygens (including phenoxy) is 1. The van der Waals surface area contributed by atoms with E-state index in [1.807, 2.05) is 24.3 Å². The third kappa shape index (κ3) is 1.47. The molecular formula is C11H14O2. The standard InChI is InChI=1S/C11H14O2/c1-13-11-7-6-10(12)8-4-2-3-5-9(8)11/h2-5,10-12H,6-7H2,1H3/t10-,11?/m1/s1. The Morgan fingerprint density at radius 2 is 1.92 bits per heavy atom. The van der Waals surface area contributed by atoms with Gasteiger partial charge in [0.25, 0.3) is 0 Å². The van der Waals surface area contributed by atoms with E-state index in [0.717, 1.165) is 24.0 Å². The Morgan fingerprint density at radius 3 is 2.62 bits per heavy atom. The summed E-state index contributed by atoms with van der Waals surface area (Å²) in [5.41, 5.74) is 2.17. The van der Waals surface area contributed by atoms with Crippen molar-refractivity contribution in [3.63, 3.8) is 0 Å². The molecule has 0 radical (unpaired) electrons. The molecule has 0 fully saturated rings. The van der Waals surface area contributed by atoms with E-state index in [9.17, 15) is 5.11 Å². The van der Waals surface area contributed by atoms with Crippen molar-refractivity contribution in [2.45, 2.75) is 25.0 Å². The lowest BCUT2D eigenvalue weighted by molar-refractivity contribution is 0.0543. The van der Waals surface area contributed by atoms with Gasteiger partial charge in [0, 0.05) is 7.11 Å². The second-order valence-electron chi connectivity index (χ2n) is 3.45. The van der Waals surface area contributed by atoms with Crippen molar-refractivity contribution in [3.05, 3.63) is 35.4 Å². The molecule has 1 aromatic carbocycles. The highest BCUT2D eigenvalue weighted by atomic mass is 16.5. The molecule has 1 N–H and O–H groups in total. The molecule has 1 aliphatic carbocycles. The van der Waals surface area contributed by atoms with Crippen LogP contribution in [-0.4, -0.2) is 12.2 Å². The van der Waals surface area contributed by atoms with Crippen molar-refractivity contribution in [2.75, 3.05) is 7.11 Å². The molecule has 0 aliphatic heterocycles. The Hall–Kier alpha value is -0.860. The second kappa shape index (κ2) is 3.48. The number of fused-ring (bicyclic) bond motifs is 1. The summed E-state index contributed by atoms with van der Waals surface area (Å²) in [5, 5.41) is 9.72. The summed E-state index contributed by atoms with van der Waals surface area (Å²) in [6.45, 7) is 0. The maximum absolute atomic E-state index is 9.72. The fourth-order valence-corrected chi connectivity index (χ4v) is 1.97. The van der Waals surface area contributed by atoms with Gasteiger partial charge in [-0.2, -0.15) is 0 Å². The van der Waals surface area contributed by atoms with E-state index in [2.05, 4.69) is 0 Å². The average Bonchev–Trinajstić information content (AvgIpc) is 2.19. The third-order valence-electron chi connectivity index (χ3n) is 2.69. The van der Waals surface area contributed by atoms with Gasteiger partial charge in [0.15, 0.2) is 0 Å². The highest BCUT2D eigenvalue weighted by Gasteiger charge is 2.24. The number of aliphatic hydroxyl groups is 1. The number of hydrogen-bond acceptors (Lipinski definition) is 2. The van der Waals surface area contributed by atoms with Gasteiger partial charge >= 0.3 is 0 Å². The van der Waals surface area contributed by atoms with Crippen LogP contribution in [0.5, 0.6) is 0 Å². The molecule has 0 saturated carbocycles. The van der Waals surface area contributed by atoms with E-state index in [-0.39, 0.29) is 12.2 Å². The van der Waals surface area contributed by atoms with Crippen LogP contribution >= 0.6 is 0 Å². The van der Waals surface area contributed by atoms with Crippen molar-refractivity contribution < 1.29 is 9.84 Å². The first-order valence-electron chi connectivity index (χ1n) is 4.62. The van der Waals surface area contributed by atoms with E-state index < -0.39 is 0 Å². The lowest BCUT2D eigenvalue weighted by Crippen LogP contribution is -2.15. The molecule has 0 heterocycles. The molecule has 1 unspecified atom stereocenters. The fourth-order valence-electron chi connectivity index (χ4n) is 1.97. The Kier molecular flexibility index (Phi) is 2.34. The Labute approximate surface area is 78.2 Å². The zero-order chi connectivity index (χ0) is 9.26. The van der Waals surface area contributed by atoms with Crippen molar-refractivity contribution in [1.82, 2.24) is 0 Å². The van der Waals surface area contributed by atoms with Crippen LogP contribution in [0.2, 0.25) is 0 Å².